The lowest BCUT2D eigenvalue weighted by Crippen LogP contribution is -2.52. The van der Waals surface area contributed by atoms with E-state index in [9.17, 15) is 30.0 Å². The number of hydrogen-bond acceptors (Lipinski definition) is 10. The average molecular weight is 604 g/mol. The SMILES string of the molecule is O=C(O)C(Cc1ccc(-c2ccccc2)cc1)(OC[C@H]1O[C@@H](c2cnc3c(NC4CCCC4)ncnn23)[C@H](O)[C@@H]1O)C(=O)O. The topological polar surface area (TPSA) is 189 Å². The van der Waals surface area contributed by atoms with Gasteiger partial charge in [-0.05, 0) is 29.5 Å². The summed E-state index contributed by atoms with van der Waals surface area (Å²) in [6.45, 7) is -0.615. The van der Waals surface area contributed by atoms with Crippen LogP contribution in [0.3, 0.4) is 0 Å². The summed E-state index contributed by atoms with van der Waals surface area (Å²) in [5, 5.41) is 49.4. The van der Waals surface area contributed by atoms with Gasteiger partial charge >= 0.3 is 11.9 Å². The molecule has 0 bridgehead atoms. The summed E-state index contributed by atoms with van der Waals surface area (Å²) in [6.07, 6.45) is 1.36. The van der Waals surface area contributed by atoms with Crippen LogP contribution < -0.4 is 5.32 Å². The Bertz CT molecular complexity index is 1610. The van der Waals surface area contributed by atoms with E-state index >= 15 is 0 Å². The van der Waals surface area contributed by atoms with Crippen molar-refractivity contribution in [2.75, 3.05) is 11.9 Å². The number of carbonyl (C=O) groups is 2. The molecule has 13 heteroatoms. The van der Waals surface area contributed by atoms with Gasteiger partial charge in [0.15, 0.2) is 11.5 Å². The number of carboxylic acid groups (broad SMARTS) is 2. The van der Waals surface area contributed by atoms with Crippen molar-refractivity contribution in [2.24, 2.45) is 0 Å². The molecule has 1 saturated heterocycles. The number of benzene rings is 2. The number of aliphatic hydroxyl groups is 2. The number of anilines is 1. The maximum absolute atomic E-state index is 12.4. The van der Waals surface area contributed by atoms with Crippen molar-refractivity contribution in [3.05, 3.63) is 78.4 Å². The Morgan fingerprint density at radius 1 is 0.955 bits per heavy atom. The number of imidazole rings is 1. The van der Waals surface area contributed by atoms with E-state index in [1.165, 1.54) is 17.0 Å². The van der Waals surface area contributed by atoms with Gasteiger partial charge in [0.1, 0.15) is 30.7 Å². The summed E-state index contributed by atoms with van der Waals surface area (Å²) >= 11 is 0. The average Bonchev–Trinajstić information content (AvgIpc) is 3.77. The number of aliphatic carboxylic acids is 2. The maximum Gasteiger partial charge on any atom is 0.348 e. The first-order valence-corrected chi connectivity index (χ1v) is 14.5. The van der Waals surface area contributed by atoms with Gasteiger partial charge in [-0.3, -0.25) is 0 Å². The predicted molar refractivity (Wildman–Crippen MR) is 156 cm³/mol. The zero-order chi connectivity index (χ0) is 30.8. The van der Waals surface area contributed by atoms with Crippen LogP contribution in [-0.4, -0.2) is 88.5 Å². The highest BCUT2D eigenvalue weighted by atomic mass is 16.6. The first-order valence-electron chi connectivity index (χ1n) is 14.5. The van der Waals surface area contributed by atoms with E-state index in [1.807, 2.05) is 30.3 Å². The Hall–Kier alpha value is -4.43. The molecule has 3 heterocycles. The Kier molecular flexibility index (Phi) is 8.27. The van der Waals surface area contributed by atoms with Crippen LogP contribution in [0.4, 0.5) is 5.82 Å². The number of fused-ring (bicyclic) bond motifs is 1. The van der Waals surface area contributed by atoms with E-state index in [1.54, 1.807) is 24.3 Å². The van der Waals surface area contributed by atoms with Crippen LogP contribution in [-0.2, 0) is 25.5 Å². The minimum Gasteiger partial charge on any atom is -0.479 e. The summed E-state index contributed by atoms with van der Waals surface area (Å²) in [5.74, 6) is -2.87. The van der Waals surface area contributed by atoms with Gasteiger partial charge in [-0.2, -0.15) is 5.10 Å². The minimum atomic E-state index is -2.67. The highest BCUT2D eigenvalue weighted by Crippen LogP contribution is 2.35. The fourth-order valence-corrected chi connectivity index (χ4v) is 5.90. The highest BCUT2D eigenvalue weighted by Gasteiger charge is 2.51. The van der Waals surface area contributed by atoms with Gasteiger partial charge in [0.2, 0.25) is 0 Å². The Labute approximate surface area is 252 Å². The number of ether oxygens (including phenoxy) is 2. The highest BCUT2D eigenvalue weighted by molar-refractivity contribution is 6.02. The van der Waals surface area contributed by atoms with E-state index in [-0.39, 0.29) is 6.04 Å². The van der Waals surface area contributed by atoms with E-state index in [2.05, 4.69) is 20.4 Å². The first-order chi connectivity index (χ1) is 21.3. The number of hydrogen-bond donors (Lipinski definition) is 5. The second-order valence-corrected chi connectivity index (χ2v) is 11.2. The molecule has 6 rings (SSSR count). The van der Waals surface area contributed by atoms with Gasteiger partial charge in [0.25, 0.3) is 5.60 Å². The van der Waals surface area contributed by atoms with E-state index in [0.717, 1.165) is 36.8 Å². The molecule has 230 valence electrons. The second kappa shape index (κ2) is 12.3. The molecule has 2 fully saturated rings. The van der Waals surface area contributed by atoms with Crippen molar-refractivity contribution in [1.29, 1.82) is 0 Å². The molecule has 0 unspecified atom stereocenters. The normalized spacial score (nSPS) is 22.4. The zero-order valence-electron chi connectivity index (χ0n) is 23.7. The van der Waals surface area contributed by atoms with Gasteiger partial charge < -0.3 is 35.2 Å². The lowest BCUT2D eigenvalue weighted by atomic mass is 9.93. The monoisotopic (exact) mass is 603 g/mol. The molecule has 0 amide bonds. The van der Waals surface area contributed by atoms with Gasteiger partial charge in [0, 0.05) is 12.5 Å². The lowest BCUT2D eigenvalue weighted by Gasteiger charge is -2.27. The summed E-state index contributed by atoms with van der Waals surface area (Å²) in [7, 11) is 0. The number of aliphatic hydroxyl groups excluding tert-OH is 2. The van der Waals surface area contributed by atoms with E-state index in [4.69, 9.17) is 9.47 Å². The van der Waals surface area contributed by atoms with Crippen molar-refractivity contribution in [3.8, 4) is 11.1 Å². The molecular formula is C31H33N5O8. The van der Waals surface area contributed by atoms with Crippen LogP contribution in [0, 0.1) is 0 Å². The molecule has 4 aromatic rings. The largest absolute Gasteiger partial charge is 0.479 e. The molecule has 4 atom stereocenters. The molecule has 2 aromatic heterocycles. The summed E-state index contributed by atoms with van der Waals surface area (Å²) in [6, 6.07) is 16.7. The molecule has 1 aliphatic carbocycles. The molecule has 1 aliphatic heterocycles. The summed E-state index contributed by atoms with van der Waals surface area (Å²) in [5.41, 5.74) is 0.358. The third-order valence-electron chi connectivity index (χ3n) is 8.38. The van der Waals surface area contributed by atoms with Crippen molar-refractivity contribution < 1.29 is 39.5 Å². The predicted octanol–water partition coefficient (Wildman–Crippen LogP) is 2.47. The molecule has 13 nitrogen and oxygen atoms in total. The van der Waals surface area contributed by atoms with Crippen LogP contribution in [0.1, 0.15) is 43.0 Å². The fourth-order valence-electron chi connectivity index (χ4n) is 5.90. The number of carboxylic acids is 2. The van der Waals surface area contributed by atoms with Crippen LogP contribution in [0.25, 0.3) is 16.8 Å². The quantitative estimate of drug-likeness (QED) is 0.158. The maximum atomic E-state index is 12.4. The Balaban J connectivity index is 1.18. The number of rotatable bonds is 11. The molecule has 5 N–H and O–H groups in total. The Morgan fingerprint density at radius 2 is 1.64 bits per heavy atom. The minimum absolute atomic E-state index is 0.274. The van der Waals surface area contributed by atoms with Crippen molar-refractivity contribution in [2.45, 2.75) is 68.2 Å². The molecule has 2 aliphatic rings. The molecule has 0 radical (unpaired) electrons. The standard InChI is InChI=1S/C31H33N5O8/c37-24-23(44-26(25(24)38)22-15-32-28-27(33-17-34-36(22)28)35-21-8-4-5-9-21)16-43-31(29(39)40,30(41)42)14-18-10-12-20(13-11-18)19-6-2-1-3-7-19/h1-3,6-7,10-13,15,17,21,23-26,37-38H,4-5,8-9,14,16H2,(H,39,40)(H,41,42)(H,33,34,35)/t23-,24-,25-,26+/m1/s1. The third-order valence-corrected chi connectivity index (χ3v) is 8.38. The number of nitrogens with zero attached hydrogens (tertiary/aromatic N) is 4. The molecular weight excluding hydrogens is 570 g/mol. The molecule has 0 spiro atoms. The van der Waals surface area contributed by atoms with Crippen molar-refractivity contribution in [3.63, 3.8) is 0 Å². The molecule has 44 heavy (non-hydrogen) atoms. The van der Waals surface area contributed by atoms with Gasteiger partial charge in [0.05, 0.1) is 18.5 Å². The number of nitrogens with one attached hydrogen (secondary N) is 1. The van der Waals surface area contributed by atoms with Crippen LogP contribution in [0.5, 0.6) is 0 Å². The van der Waals surface area contributed by atoms with E-state index < -0.39 is 55.0 Å². The summed E-state index contributed by atoms with van der Waals surface area (Å²) < 4.78 is 13.0. The van der Waals surface area contributed by atoms with Crippen LogP contribution in [0.15, 0.2) is 67.1 Å². The first kappa shape index (κ1) is 29.6. The van der Waals surface area contributed by atoms with Gasteiger partial charge in [-0.25, -0.2) is 24.1 Å². The zero-order valence-corrected chi connectivity index (χ0v) is 23.7. The van der Waals surface area contributed by atoms with Crippen molar-refractivity contribution >= 4 is 23.4 Å². The van der Waals surface area contributed by atoms with Gasteiger partial charge in [-0.15, -0.1) is 0 Å². The molecule has 2 aromatic carbocycles. The van der Waals surface area contributed by atoms with Crippen molar-refractivity contribution in [1.82, 2.24) is 19.6 Å². The third kappa shape index (κ3) is 5.62. The smallest absolute Gasteiger partial charge is 0.348 e. The second-order valence-electron chi connectivity index (χ2n) is 11.2. The van der Waals surface area contributed by atoms with Gasteiger partial charge in [-0.1, -0.05) is 67.4 Å². The Morgan fingerprint density at radius 3 is 2.32 bits per heavy atom. The molecule has 1 saturated carbocycles. The van der Waals surface area contributed by atoms with Crippen LogP contribution >= 0.6 is 0 Å². The van der Waals surface area contributed by atoms with E-state index in [0.29, 0.717) is 22.7 Å². The summed E-state index contributed by atoms with van der Waals surface area (Å²) in [4.78, 5) is 33.5. The lowest BCUT2D eigenvalue weighted by molar-refractivity contribution is -0.189. The number of aromatic nitrogens is 4. The van der Waals surface area contributed by atoms with Crippen LogP contribution in [0.2, 0.25) is 0 Å². The fraction of sp³-hybridized carbons (Fsp3) is 0.387.